The van der Waals surface area contributed by atoms with Crippen molar-refractivity contribution in [1.82, 2.24) is 5.01 Å². The van der Waals surface area contributed by atoms with Crippen LogP contribution >= 0.6 is 0 Å². The average Bonchev–Trinajstić information content (AvgIpc) is 2.76. The fourth-order valence-electron chi connectivity index (χ4n) is 3.62. The van der Waals surface area contributed by atoms with Crippen LogP contribution in [0, 0.1) is 0 Å². The molecule has 4 unspecified atom stereocenters. The van der Waals surface area contributed by atoms with Gasteiger partial charge in [0.15, 0.2) is 18.7 Å². The van der Waals surface area contributed by atoms with Gasteiger partial charge < -0.3 is 30.0 Å². The van der Waals surface area contributed by atoms with Crippen LogP contribution in [0.5, 0.6) is 5.75 Å². The minimum atomic E-state index is -1.86. The van der Waals surface area contributed by atoms with Crippen LogP contribution in [0.25, 0.3) is 12.2 Å². The van der Waals surface area contributed by atoms with Crippen LogP contribution in [0.15, 0.2) is 58.9 Å². The monoisotopic (exact) mass is 472 g/mol. The van der Waals surface area contributed by atoms with E-state index in [1.807, 2.05) is 36.4 Å². The number of benzene rings is 2. The number of nitrogens with zero attached hydrogens (tertiary/aromatic N) is 4. The average molecular weight is 473 g/mol. The molecule has 3 N–H and O–H groups in total. The number of rotatable bonds is 11. The van der Waals surface area contributed by atoms with E-state index >= 15 is 0 Å². The first kappa shape index (κ1) is 26.9. The molecule has 0 saturated heterocycles. The largest absolute Gasteiger partial charge is 0.541 e. The van der Waals surface area contributed by atoms with Crippen molar-refractivity contribution >= 4 is 23.8 Å². The number of carbonyl (C=O) groups is 1. The molecular weight excluding hydrogens is 440 g/mol. The lowest BCUT2D eigenvalue weighted by molar-refractivity contribution is -1.07. The second-order valence-electron chi connectivity index (χ2n) is 8.11. The molecule has 0 aliphatic carbocycles. The van der Waals surface area contributed by atoms with Crippen LogP contribution < -0.4 is 9.84 Å². The summed E-state index contributed by atoms with van der Waals surface area (Å²) in [6.45, 7) is 3.80. The van der Waals surface area contributed by atoms with E-state index in [1.54, 1.807) is 43.4 Å². The van der Waals surface area contributed by atoms with E-state index in [-0.39, 0.29) is 5.75 Å². The minimum Gasteiger partial charge on any atom is -0.541 e. The third kappa shape index (κ3) is 6.39. The predicted molar refractivity (Wildman–Crippen MR) is 125 cm³/mol. The fraction of sp³-hybridized carbons (Fsp3) is 0.375. The minimum absolute atomic E-state index is 0.173. The van der Waals surface area contributed by atoms with E-state index in [4.69, 9.17) is 4.74 Å². The third-order valence-corrected chi connectivity index (χ3v) is 5.38. The van der Waals surface area contributed by atoms with Gasteiger partial charge in [0.05, 0.1) is 5.69 Å². The quantitative estimate of drug-likeness (QED) is 0.149. The van der Waals surface area contributed by atoms with Crippen molar-refractivity contribution in [2.75, 3.05) is 14.1 Å². The van der Waals surface area contributed by atoms with Gasteiger partial charge in [0, 0.05) is 34.9 Å². The van der Waals surface area contributed by atoms with Crippen LogP contribution in [0.3, 0.4) is 0 Å². The molecule has 0 aliphatic heterocycles. The number of carboxylic acid groups (broad SMARTS) is 1. The molecule has 4 atom stereocenters. The van der Waals surface area contributed by atoms with E-state index in [0.717, 1.165) is 16.8 Å². The van der Waals surface area contributed by atoms with Crippen molar-refractivity contribution in [3.63, 3.8) is 0 Å². The Hall–Kier alpha value is -3.31. The molecule has 10 nitrogen and oxygen atoms in total. The maximum atomic E-state index is 11.9. The van der Waals surface area contributed by atoms with E-state index in [2.05, 4.69) is 10.3 Å². The van der Waals surface area contributed by atoms with Gasteiger partial charge >= 0.3 is 0 Å². The standard InChI is InChI=1S/C24H32N4O6/c1-16(29)28(17(2)30,18(3)31)23(24(32)33)34-22-14-10-20(11-15-22)7-6-19-8-12-21(13-9-19)25-26-27(4)5/h6-18,23,29-31H,1-5H3. The van der Waals surface area contributed by atoms with Gasteiger partial charge in [-0.05, 0) is 35.4 Å². The van der Waals surface area contributed by atoms with Crippen molar-refractivity contribution in [2.45, 2.75) is 45.7 Å². The second kappa shape index (κ2) is 11.7. The van der Waals surface area contributed by atoms with Crippen molar-refractivity contribution in [3.05, 3.63) is 59.7 Å². The Bertz CT molecular complexity index is 964. The van der Waals surface area contributed by atoms with Crippen LogP contribution in [-0.4, -0.2) is 69.8 Å². The summed E-state index contributed by atoms with van der Waals surface area (Å²) in [6.07, 6.45) is -2.45. The first-order valence-electron chi connectivity index (χ1n) is 10.7. The topological polar surface area (TPSA) is 138 Å². The molecule has 0 amide bonds. The van der Waals surface area contributed by atoms with Crippen molar-refractivity contribution < 1.29 is 34.4 Å². The molecule has 34 heavy (non-hydrogen) atoms. The smallest absolute Gasteiger partial charge is 0.280 e. The van der Waals surface area contributed by atoms with Gasteiger partial charge in [0.1, 0.15) is 11.7 Å². The highest BCUT2D eigenvalue weighted by Crippen LogP contribution is 2.28. The molecule has 2 rings (SSSR count). The number of ether oxygens (including phenoxy) is 1. The lowest BCUT2D eigenvalue weighted by Gasteiger charge is -2.49. The molecule has 10 heteroatoms. The van der Waals surface area contributed by atoms with Crippen LogP contribution in [0.4, 0.5) is 5.69 Å². The van der Waals surface area contributed by atoms with Crippen LogP contribution in [0.2, 0.25) is 0 Å². The number of hydrogen-bond acceptors (Lipinski definition) is 8. The molecule has 2 aromatic carbocycles. The number of hydrogen-bond donors (Lipinski definition) is 3. The lowest BCUT2D eigenvalue weighted by Crippen LogP contribution is -2.74. The number of aliphatic carboxylic acids is 1. The van der Waals surface area contributed by atoms with Crippen LogP contribution in [0.1, 0.15) is 31.9 Å². The zero-order chi connectivity index (χ0) is 25.5. The summed E-state index contributed by atoms with van der Waals surface area (Å²) in [5, 5.41) is 52.3. The van der Waals surface area contributed by atoms with E-state index in [1.165, 1.54) is 20.8 Å². The third-order valence-electron chi connectivity index (χ3n) is 5.38. The number of aliphatic hydroxyl groups excluding tert-OH is 3. The van der Waals surface area contributed by atoms with Crippen molar-refractivity contribution in [2.24, 2.45) is 10.3 Å². The first-order valence-corrected chi connectivity index (χ1v) is 10.7. The summed E-state index contributed by atoms with van der Waals surface area (Å²) < 4.78 is 4.52. The summed E-state index contributed by atoms with van der Waals surface area (Å²) in [6, 6.07) is 14.1. The fourth-order valence-corrected chi connectivity index (χ4v) is 3.62. The normalized spacial score (nSPS) is 17.2. The molecule has 184 valence electrons. The Balaban J connectivity index is 2.18. The lowest BCUT2D eigenvalue weighted by atomic mass is 10.1. The Kier molecular flexibility index (Phi) is 9.28. The van der Waals surface area contributed by atoms with Crippen molar-refractivity contribution in [1.29, 1.82) is 0 Å². The molecule has 0 heterocycles. The molecule has 0 aliphatic rings. The summed E-state index contributed by atoms with van der Waals surface area (Å²) in [4.78, 5) is 11.9. The van der Waals surface area contributed by atoms with Gasteiger partial charge in [-0.2, -0.15) is 0 Å². The number of quaternary nitrogens is 1. The summed E-state index contributed by atoms with van der Waals surface area (Å²) in [7, 11) is 3.58. The maximum Gasteiger partial charge on any atom is 0.280 e. The molecule has 0 saturated carbocycles. The highest BCUT2D eigenvalue weighted by atomic mass is 16.6. The van der Waals surface area contributed by atoms with Crippen molar-refractivity contribution in [3.8, 4) is 5.75 Å². The number of aliphatic hydroxyl groups is 3. The predicted octanol–water partition coefficient (Wildman–Crippen LogP) is 1.70. The molecule has 0 radical (unpaired) electrons. The zero-order valence-corrected chi connectivity index (χ0v) is 19.9. The molecular formula is C24H32N4O6. The van der Waals surface area contributed by atoms with Gasteiger partial charge in [0.25, 0.3) is 6.23 Å². The highest BCUT2D eigenvalue weighted by molar-refractivity contribution is 5.71. The number of carboxylic acids is 1. The molecule has 0 spiro atoms. The molecule has 0 aromatic heterocycles. The van der Waals surface area contributed by atoms with E-state index in [0.29, 0.717) is 0 Å². The Labute approximate surface area is 199 Å². The highest BCUT2D eigenvalue weighted by Gasteiger charge is 2.51. The summed E-state index contributed by atoms with van der Waals surface area (Å²) in [5.41, 5.74) is 2.51. The summed E-state index contributed by atoms with van der Waals surface area (Å²) >= 11 is 0. The van der Waals surface area contributed by atoms with Gasteiger partial charge in [-0.15, -0.1) is 5.11 Å². The number of carbonyl (C=O) groups excluding carboxylic acids is 1. The SMILES string of the molecule is CC(O)[N+](C(C)O)(C(C)O)C(Oc1ccc(C=Cc2ccc(N=NN(C)C)cc2)cc1)C(=O)[O-]. The van der Waals surface area contributed by atoms with Gasteiger partial charge in [-0.25, -0.2) is 4.48 Å². The Morgan fingerprint density at radius 2 is 1.35 bits per heavy atom. The zero-order valence-electron chi connectivity index (χ0n) is 19.9. The van der Waals surface area contributed by atoms with Gasteiger partial charge in [-0.1, -0.05) is 41.6 Å². The van der Waals surface area contributed by atoms with Gasteiger partial charge in [0.2, 0.25) is 0 Å². The Morgan fingerprint density at radius 1 is 0.912 bits per heavy atom. The van der Waals surface area contributed by atoms with E-state index in [9.17, 15) is 25.2 Å². The maximum absolute atomic E-state index is 11.9. The van der Waals surface area contributed by atoms with E-state index < -0.39 is 35.4 Å². The summed E-state index contributed by atoms with van der Waals surface area (Å²) in [5.74, 6) is -1.51. The first-order chi connectivity index (χ1) is 16.0. The molecule has 0 fully saturated rings. The second-order valence-corrected chi connectivity index (χ2v) is 8.11. The van der Waals surface area contributed by atoms with Gasteiger partial charge in [-0.3, -0.25) is 5.01 Å². The molecule has 0 bridgehead atoms. The Morgan fingerprint density at radius 3 is 1.74 bits per heavy atom. The molecule has 2 aromatic rings. The van der Waals surface area contributed by atoms with Crippen LogP contribution in [-0.2, 0) is 4.79 Å².